The summed E-state index contributed by atoms with van der Waals surface area (Å²) in [6.45, 7) is 2.59. The van der Waals surface area contributed by atoms with Crippen LogP contribution in [0.4, 0.5) is 8.78 Å². The molecule has 0 aromatic carbocycles. The molecule has 124 valence electrons. The van der Waals surface area contributed by atoms with Gasteiger partial charge in [-0.2, -0.15) is 0 Å². The molecule has 2 aliphatic rings. The van der Waals surface area contributed by atoms with E-state index in [1.807, 2.05) is 0 Å². The molecule has 1 unspecified atom stereocenters. The van der Waals surface area contributed by atoms with Crippen LogP contribution in [0.15, 0.2) is 12.4 Å². The lowest BCUT2D eigenvalue weighted by Crippen LogP contribution is -2.50. The van der Waals surface area contributed by atoms with Crippen LogP contribution in [0.1, 0.15) is 31.5 Å². The van der Waals surface area contributed by atoms with Crippen molar-refractivity contribution >= 4 is 0 Å². The normalized spacial score (nSPS) is 25.9. The fourth-order valence-corrected chi connectivity index (χ4v) is 3.48. The molecule has 5 nitrogen and oxygen atoms in total. The average Bonchev–Trinajstić information content (AvgIpc) is 2.88. The van der Waals surface area contributed by atoms with E-state index >= 15 is 0 Å². The van der Waals surface area contributed by atoms with Crippen molar-refractivity contribution < 1.29 is 18.6 Å². The van der Waals surface area contributed by atoms with Crippen LogP contribution in [0.3, 0.4) is 0 Å². The Kier molecular flexibility index (Phi) is 4.75. The van der Waals surface area contributed by atoms with Gasteiger partial charge in [-0.25, -0.2) is 13.8 Å². The minimum absolute atomic E-state index is 0.188. The quantitative estimate of drug-likeness (QED) is 0.918. The Balaban J connectivity index is 1.55. The number of nitrogens with zero attached hydrogens (tertiary/aromatic N) is 3. The number of hydrogen-bond acceptors (Lipinski definition) is 4. The summed E-state index contributed by atoms with van der Waals surface area (Å²) in [5, 5.41) is 9.84. The lowest BCUT2D eigenvalue weighted by molar-refractivity contribution is -0.143. The van der Waals surface area contributed by atoms with Crippen LogP contribution in [-0.4, -0.2) is 57.4 Å². The summed E-state index contributed by atoms with van der Waals surface area (Å²) in [6.07, 6.45) is 3.73. The number of imidazole rings is 1. The first-order chi connectivity index (χ1) is 10.6. The average molecular weight is 315 g/mol. The van der Waals surface area contributed by atoms with E-state index in [0.29, 0.717) is 25.4 Å². The molecule has 3 heterocycles. The van der Waals surface area contributed by atoms with Gasteiger partial charge in [0, 0.05) is 38.5 Å². The second-order valence-corrected chi connectivity index (χ2v) is 6.34. The summed E-state index contributed by atoms with van der Waals surface area (Å²) in [6, 6.07) is 0. The lowest BCUT2D eigenvalue weighted by atomic mass is 9.83. The van der Waals surface area contributed by atoms with E-state index in [2.05, 4.69) is 9.88 Å². The third-order valence-electron chi connectivity index (χ3n) is 4.74. The molecule has 1 N–H and O–H groups in total. The predicted molar refractivity (Wildman–Crippen MR) is 76.7 cm³/mol. The third kappa shape index (κ3) is 3.64. The van der Waals surface area contributed by atoms with E-state index in [0.717, 1.165) is 32.4 Å². The van der Waals surface area contributed by atoms with Crippen molar-refractivity contribution in [1.29, 1.82) is 0 Å². The zero-order valence-electron chi connectivity index (χ0n) is 12.6. The van der Waals surface area contributed by atoms with Gasteiger partial charge < -0.3 is 14.4 Å². The highest BCUT2D eigenvalue weighted by Gasteiger charge is 2.39. The molecule has 0 aliphatic carbocycles. The van der Waals surface area contributed by atoms with Crippen LogP contribution in [0.2, 0.25) is 0 Å². The smallest absolute Gasteiger partial charge is 0.256 e. The lowest BCUT2D eigenvalue weighted by Gasteiger charge is -2.45. The SMILES string of the molecule is OC1CCOC2(CCN(Cc3nccn3CC(F)F)CC2)C1. The molecule has 22 heavy (non-hydrogen) atoms. The molecule has 0 amide bonds. The number of piperidine rings is 1. The Morgan fingerprint density at radius 2 is 2.18 bits per heavy atom. The minimum atomic E-state index is -2.37. The number of aliphatic hydroxyl groups is 1. The van der Waals surface area contributed by atoms with Crippen LogP contribution < -0.4 is 0 Å². The van der Waals surface area contributed by atoms with E-state index in [1.54, 1.807) is 12.4 Å². The number of hydrogen-bond donors (Lipinski definition) is 1. The first kappa shape index (κ1) is 15.8. The molecule has 3 rings (SSSR count). The Morgan fingerprint density at radius 3 is 2.86 bits per heavy atom. The van der Waals surface area contributed by atoms with E-state index in [-0.39, 0.29) is 18.2 Å². The number of ether oxygens (including phenoxy) is 1. The van der Waals surface area contributed by atoms with Gasteiger partial charge in [0.05, 0.1) is 24.8 Å². The van der Waals surface area contributed by atoms with Gasteiger partial charge in [-0.05, 0) is 19.3 Å². The van der Waals surface area contributed by atoms with Gasteiger partial charge in [-0.15, -0.1) is 0 Å². The van der Waals surface area contributed by atoms with Crippen LogP contribution in [0, 0.1) is 0 Å². The zero-order chi connectivity index (χ0) is 15.6. The summed E-state index contributed by atoms with van der Waals surface area (Å²) in [7, 11) is 0. The summed E-state index contributed by atoms with van der Waals surface area (Å²) in [5.74, 6) is 0.681. The zero-order valence-corrected chi connectivity index (χ0v) is 12.6. The second kappa shape index (κ2) is 6.60. The summed E-state index contributed by atoms with van der Waals surface area (Å²) in [5.41, 5.74) is -0.188. The molecule has 2 fully saturated rings. The van der Waals surface area contributed by atoms with Gasteiger partial charge in [0.15, 0.2) is 0 Å². The van der Waals surface area contributed by atoms with Gasteiger partial charge in [0.25, 0.3) is 6.43 Å². The number of alkyl halides is 2. The molecule has 2 aliphatic heterocycles. The fraction of sp³-hybridized carbons (Fsp3) is 0.800. The Morgan fingerprint density at radius 1 is 1.41 bits per heavy atom. The molecule has 0 bridgehead atoms. The van der Waals surface area contributed by atoms with Crippen molar-refractivity contribution in [3.8, 4) is 0 Å². The van der Waals surface area contributed by atoms with Crippen LogP contribution >= 0.6 is 0 Å². The van der Waals surface area contributed by atoms with Gasteiger partial charge in [-0.3, -0.25) is 4.90 Å². The first-order valence-electron chi connectivity index (χ1n) is 7.89. The third-order valence-corrected chi connectivity index (χ3v) is 4.74. The molecule has 1 aromatic rings. The van der Waals surface area contributed by atoms with Crippen LogP contribution in [-0.2, 0) is 17.8 Å². The number of aromatic nitrogens is 2. The summed E-state index contributed by atoms with van der Waals surface area (Å²) < 4.78 is 32.5. The highest BCUT2D eigenvalue weighted by molar-refractivity contribution is 4.96. The number of halogens is 2. The number of likely N-dealkylation sites (tertiary alicyclic amines) is 1. The standard InChI is InChI=1S/C15H23F2N3O2/c16-13(17)10-20-7-4-18-14(20)11-19-5-2-15(3-6-19)9-12(21)1-8-22-15/h4,7,12-13,21H,1-3,5-6,8-11H2. The minimum Gasteiger partial charge on any atom is -0.393 e. The van der Waals surface area contributed by atoms with Crippen molar-refractivity contribution in [2.45, 2.75) is 56.9 Å². The number of rotatable bonds is 4. The molecule has 1 spiro atoms. The summed E-state index contributed by atoms with van der Waals surface area (Å²) in [4.78, 5) is 6.42. The molecular weight excluding hydrogens is 292 g/mol. The maximum atomic E-state index is 12.5. The van der Waals surface area contributed by atoms with Crippen LogP contribution in [0.5, 0.6) is 0 Å². The molecular formula is C15H23F2N3O2. The van der Waals surface area contributed by atoms with Gasteiger partial charge in [0.2, 0.25) is 0 Å². The van der Waals surface area contributed by atoms with Crippen molar-refractivity contribution in [3.05, 3.63) is 18.2 Å². The Bertz CT molecular complexity index is 487. The van der Waals surface area contributed by atoms with Crippen molar-refractivity contribution in [2.75, 3.05) is 19.7 Å². The predicted octanol–water partition coefficient (Wildman–Crippen LogP) is 1.65. The van der Waals surface area contributed by atoms with Crippen molar-refractivity contribution in [1.82, 2.24) is 14.5 Å². The van der Waals surface area contributed by atoms with E-state index in [9.17, 15) is 13.9 Å². The highest BCUT2D eigenvalue weighted by Crippen LogP contribution is 2.35. The van der Waals surface area contributed by atoms with E-state index in [1.165, 1.54) is 4.57 Å². The topological polar surface area (TPSA) is 50.5 Å². The molecule has 1 aromatic heterocycles. The van der Waals surface area contributed by atoms with Gasteiger partial charge in [0.1, 0.15) is 5.82 Å². The van der Waals surface area contributed by atoms with E-state index in [4.69, 9.17) is 4.74 Å². The maximum Gasteiger partial charge on any atom is 0.256 e. The molecule has 2 saturated heterocycles. The number of aliphatic hydroxyl groups excluding tert-OH is 1. The largest absolute Gasteiger partial charge is 0.393 e. The van der Waals surface area contributed by atoms with Crippen molar-refractivity contribution in [3.63, 3.8) is 0 Å². The monoisotopic (exact) mass is 315 g/mol. The molecule has 0 radical (unpaired) electrons. The Hall–Kier alpha value is -1.05. The molecule has 7 heteroatoms. The van der Waals surface area contributed by atoms with Gasteiger partial charge in [-0.1, -0.05) is 0 Å². The second-order valence-electron chi connectivity index (χ2n) is 6.34. The fourth-order valence-electron chi connectivity index (χ4n) is 3.48. The van der Waals surface area contributed by atoms with Crippen LogP contribution in [0.25, 0.3) is 0 Å². The first-order valence-corrected chi connectivity index (χ1v) is 7.89. The highest BCUT2D eigenvalue weighted by atomic mass is 19.3. The maximum absolute atomic E-state index is 12.5. The van der Waals surface area contributed by atoms with E-state index < -0.39 is 6.43 Å². The molecule has 0 saturated carbocycles. The van der Waals surface area contributed by atoms with Gasteiger partial charge >= 0.3 is 0 Å². The Labute approximate surface area is 128 Å². The molecule has 1 atom stereocenters. The van der Waals surface area contributed by atoms with Crippen molar-refractivity contribution in [2.24, 2.45) is 0 Å². The summed E-state index contributed by atoms with van der Waals surface area (Å²) >= 11 is 0.